The molecule has 0 aliphatic carbocycles. The van der Waals surface area contributed by atoms with Crippen LogP contribution in [-0.2, 0) is 6.42 Å². The van der Waals surface area contributed by atoms with Crippen LogP contribution < -0.4 is 5.32 Å². The Morgan fingerprint density at radius 2 is 2.05 bits per heavy atom. The van der Waals surface area contributed by atoms with Crippen molar-refractivity contribution in [2.24, 2.45) is 0 Å². The second-order valence-corrected chi connectivity index (χ2v) is 5.64. The lowest BCUT2D eigenvalue weighted by atomic mass is 10.1. The van der Waals surface area contributed by atoms with Crippen LogP contribution in [0.25, 0.3) is 0 Å². The third-order valence-corrected chi connectivity index (χ3v) is 4.07. The molecule has 4 heteroatoms. The minimum atomic E-state index is -0.181. The number of nitrogens with one attached hydrogen (secondary N) is 1. The number of thioether (sulfide) groups is 1. The maximum atomic E-state index is 12.3. The molecular weight excluding hydrogens is 290 g/mol. The summed E-state index contributed by atoms with van der Waals surface area (Å²) in [5, 5.41) is 3.36. The molecule has 0 bridgehead atoms. The van der Waals surface area contributed by atoms with Crippen LogP contribution in [0.1, 0.15) is 22.8 Å². The van der Waals surface area contributed by atoms with E-state index in [9.17, 15) is 4.79 Å². The van der Waals surface area contributed by atoms with Crippen molar-refractivity contribution in [2.75, 3.05) is 11.6 Å². The zero-order chi connectivity index (χ0) is 14.5. The zero-order valence-corrected chi connectivity index (χ0v) is 13.0. The molecule has 0 aliphatic heterocycles. The molecule has 1 amide bonds. The van der Waals surface area contributed by atoms with Gasteiger partial charge in [-0.1, -0.05) is 30.7 Å². The molecule has 0 aromatic heterocycles. The van der Waals surface area contributed by atoms with Crippen LogP contribution in [-0.4, -0.2) is 12.2 Å². The standard InChI is InChI=1S/C16H16ClNOS/c1-3-11-5-4-6-12(9-11)18-16(19)14-10-13(20-2)7-8-15(14)17/h4-10H,3H2,1-2H3,(H,18,19). The molecule has 2 aromatic rings. The van der Waals surface area contributed by atoms with E-state index in [0.29, 0.717) is 10.6 Å². The van der Waals surface area contributed by atoms with Crippen LogP contribution in [0.4, 0.5) is 5.69 Å². The summed E-state index contributed by atoms with van der Waals surface area (Å²) in [6.07, 6.45) is 2.90. The van der Waals surface area contributed by atoms with Gasteiger partial charge >= 0.3 is 0 Å². The van der Waals surface area contributed by atoms with Crippen molar-refractivity contribution < 1.29 is 4.79 Å². The fourth-order valence-corrected chi connectivity index (χ4v) is 2.52. The average molecular weight is 306 g/mol. The Morgan fingerprint density at radius 3 is 2.75 bits per heavy atom. The van der Waals surface area contributed by atoms with Gasteiger partial charge in [-0.05, 0) is 48.6 Å². The van der Waals surface area contributed by atoms with Crippen molar-refractivity contribution in [1.82, 2.24) is 0 Å². The first-order valence-corrected chi connectivity index (χ1v) is 7.98. The van der Waals surface area contributed by atoms with Crippen molar-refractivity contribution in [3.63, 3.8) is 0 Å². The SMILES string of the molecule is CCc1cccc(NC(=O)c2cc(SC)ccc2Cl)c1. The van der Waals surface area contributed by atoms with Crippen molar-refractivity contribution in [1.29, 1.82) is 0 Å². The summed E-state index contributed by atoms with van der Waals surface area (Å²) in [5.41, 5.74) is 2.48. The summed E-state index contributed by atoms with van der Waals surface area (Å²) < 4.78 is 0. The topological polar surface area (TPSA) is 29.1 Å². The summed E-state index contributed by atoms with van der Waals surface area (Å²) in [7, 11) is 0. The van der Waals surface area contributed by atoms with Gasteiger partial charge in [-0.3, -0.25) is 4.79 Å². The van der Waals surface area contributed by atoms with Gasteiger partial charge in [-0.25, -0.2) is 0 Å². The fourth-order valence-electron chi connectivity index (χ4n) is 1.87. The zero-order valence-electron chi connectivity index (χ0n) is 11.4. The highest BCUT2D eigenvalue weighted by Crippen LogP contribution is 2.24. The van der Waals surface area contributed by atoms with E-state index in [2.05, 4.69) is 12.2 Å². The number of hydrogen-bond donors (Lipinski definition) is 1. The molecule has 0 saturated carbocycles. The van der Waals surface area contributed by atoms with Crippen LogP contribution in [0.3, 0.4) is 0 Å². The largest absolute Gasteiger partial charge is 0.322 e. The number of anilines is 1. The summed E-state index contributed by atoms with van der Waals surface area (Å²) in [4.78, 5) is 13.3. The first-order valence-electron chi connectivity index (χ1n) is 6.38. The van der Waals surface area contributed by atoms with E-state index in [1.807, 2.05) is 42.7 Å². The van der Waals surface area contributed by atoms with Crippen LogP contribution in [0, 0.1) is 0 Å². The van der Waals surface area contributed by atoms with Gasteiger partial charge in [0.25, 0.3) is 5.91 Å². The smallest absolute Gasteiger partial charge is 0.257 e. The summed E-state index contributed by atoms with van der Waals surface area (Å²) >= 11 is 7.69. The van der Waals surface area contributed by atoms with E-state index in [1.165, 1.54) is 5.56 Å². The Morgan fingerprint density at radius 1 is 1.25 bits per heavy atom. The second kappa shape index (κ2) is 6.82. The third-order valence-electron chi connectivity index (χ3n) is 3.01. The highest BCUT2D eigenvalue weighted by Gasteiger charge is 2.11. The predicted molar refractivity (Wildman–Crippen MR) is 87.0 cm³/mol. The number of carbonyl (C=O) groups is 1. The number of benzene rings is 2. The number of amides is 1. The highest BCUT2D eigenvalue weighted by molar-refractivity contribution is 7.98. The molecule has 20 heavy (non-hydrogen) atoms. The Kier molecular flexibility index (Phi) is 5.10. The Bertz CT molecular complexity index is 628. The third kappa shape index (κ3) is 3.56. The fraction of sp³-hybridized carbons (Fsp3) is 0.188. The lowest BCUT2D eigenvalue weighted by Gasteiger charge is -2.09. The van der Waals surface area contributed by atoms with Crippen LogP contribution in [0.5, 0.6) is 0 Å². The predicted octanol–water partition coefficient (Wildman–Crippen LogP) is 4.88. The van der Waals surface area contributed by atoms with Crippen molar-refractivity contribution in [2.45, 2.75) is 18.2 Å². The van der Waals surface area contributed by atoms with E-state index in [-0.39, 0.29) is 5.91 Å². The summed E-state index contributed by atoms with van der Waals surface area (Å²) in [6, 6.07) is 13.3. The average Bonchev–Trinajstić information content (AvgIpc) is 2.47. The van der Waals surface area contributed by atoms with E-state index >= 15 is 0 Å². The molecule has 2 aromatic carbocycles. The number of hydrogen-bond acceptors (Lipinski definition) is 2. The second-order valence-electron chi connectivity index (χ2n) is 4.35. The maximum absolute atomic E-state index is 12.3. The molecular formula is C16H16ClNOS. The van der Waals surface area contributed by atoms with E-state index in [0.717, 1.165) is 17.0 Å². The molecule has 104 valence electrons. The molecule has 0 saturated heterocycles. The van der Waals surface area contributed by atoms with Gasteiger partial charge in [0.2, 0.25) is 0 Å². The van der Waals surface area contributed by atoms with Crippen molar-refractivity contribution in [3.8, 4) is 0 Å². The maximum Gasteiger partial charge on any atom is 0.257 e. The molecule has 2 rings (SSSR count). The molecule has 0 radical (unpaired) electrons. The minimum absolute atomic E-state index is 0.181. The lowest BCUT2D eigenvalue weighted by molar-refractivity contribution is 0.102. The van der Waals surface area contributed by atoms with Crippen LogP contribution in [0.2, 0.25) is 5.02 Å². The van der Waals surface area contributed by atoms with Crippen molar-refractivity contribution in [3.05, 3.63) is 58.6 Å². The van der Waals surface area contributed by atoms with Gasteiger partial charge < -0.3 is 5.32 Å². The molecule has 1 N–H and O–H groups in total. The summed E-state index contributed by atoms with van der Waals surface area (Å²) in [6.45, 7) is 2.08. The molecule has 0 spiro atoms. The van der Waals surface area contributed by atoms with E-state index < -0.39 is 0 Å². The van der Waals surface area contributed by atoms with E-state index in [4.69, 9.17) is 11.6 Å². The molecule has 2 nitrogen and oxygen atoms in total. The molecule has 0 aliphatic rings. The number of rotatable bonds is 4. The van der Waals surface area contributed by atoms with Crippen LogP contribution >= 0.6 is 23.4 Å². The number of halogens is 1. The Hall–Kier alpha value is -1.45. The highest BCUT2D eigenvalue weighted by atomic mass is 35.5. The summed E-state index contributed by atoms with van der Waals surface area (Å²) in [5.74, 6) is -0.181. The lowest BCUT2D eigenvalue weighted by Crippen LogP contribution is -2.12. The van der Waals surface area contributed by atoms with Gasteiger partial charge in [0.05, 0.1) is 10.6 Å². The van der Waals surface area contributed by atoms with Crippen molar-refractivity contribution >= 4 is 35.0 Å². The van der Waals surface area contributed by atoms with E-state index in [1.54, 1.807) is 17.8 Å². The minimum Gasteiger partial charge on any atom is -0.322 e. The number of aryl methyl sites for hydroxylation is 1. The van der Waals surface area contributed by atoms with Gasteiger partial charge in [-0.2, -0.15) is 0 Å². The molecule has 0 atom stereocenters. The van der Waals surface area contributed by atoms with Crippen LogP contribution in [0.15, 0.2) is 47.4 Å². The van der Waals surface area contributed by atoms with Gasteiger partial charge in [0.15, 0.2) is 0 Å². The molecule has 0 fully saturated rings. The first-order chi connectivity index (χ1) is 9.63. The first kappa shape index (κ1) is 14.9. The quantitative estimate of drug-likeness (QED) is 0.816. The Balaban J connectivity index is 2.23. The molecule has 0 heterocycles. The number of carbonyl (C=O) groups excluding carboxylic acids is 1. The molecule has 0 unspecified atom stereocenters. The normalized spacial score (nSPS) is 10.3. The Labute approximate surface area is 128 Å². The van der Waals surface area contributed by atoms with Gasteiger partial charge in [0, 0.05) is 10.6 Å². The monoisotopic (exact) mass is 305 g/mol. The van der Waals surface area contributed by atoms with Gasteiger partial charge in [0.1, 0.15) is 0 Å². The van der Waals surface area contributed by atoms with Gasteiger partial charge in [-0.15, -0.1) is 11.8 Å².